The van der Waals surface area contributed by atoms with Gasteiger partial charge in [-0.05, 0) is 43.0 Å². The summed E-state index contributed by atoms with van der Waals surface area (Å²) in [5, 5.41) is 3.44. The van der Waals surface area contributed by atoms with Crippen LogP contribution in [-0.2, 0) is 17.9 Å². The molecular formula is C24H35Cl2N3O. The molecule has 1 aliphatic heterocycles. The molecule has 0 unspecified atom stereocenters. The largest absolute Gasteiger partial charge is 0.342 e. The van der Waals surface area contributed by atoms with Crippen LogP contribution >= 0.6 is 24.8 Å². The molecule has 0 atom stereocenters. The molecule has 1 fully saturated rings. The first-order valence-electron chi connectivity index (χ1n) is 10.5. The van der Waals surface area contributed by atoms with Crippen molar-refractivity contribution in [1.82, 2.24) is 15.1 Å². The first-order valence-corrected chi connectivity index (χ1v) is 10.5. The van der Waals surface area contributed by atoms with Gasteiger partial charge in [0, 0.05) is 26.2 Å². The summed E-state index contributed by atoms with van der Waals surface area (Å²) in [5.74, 6) is 0.961. The molecule has 1 saturated heterocycles. The topological polar surface area (TPSA) is 35.6 Å². The number of hydrogen-bond acceptors (Lipinski definition) is 3. The highest BCUT2D eigenvalue weighted by molar-refractivity contribution is 5.85. The lowest BCUT2D eigenvalue weighted by Crippen LogP contribution is -2.45. The van der Waals surface area contributed by atoms with Gasteiger partial charge in [0.25, 0.3) is 0 Å². The number of nitrogens with zero attached hydrogens (tertiary/aromatic N) is 2. The molecule has 166 valence electrons. The van der Waals surface area contributed by atoms with E-state index in [1.807, 2.05) is 12.1 Å². The second-order valence-corrected chi connectivity index (χ2v) is 7.75. The van der Waals surface area contributed by atoms with Gasteiger partial charge in [-0.15, -0.1) is 24.8 Å². The highest BCUT2D eigenvalue weighted by Crippen LogP contribution is 2.17. The molecular weight excluding hydrogens is 417 g/mol. The van der Waals surface area contributed by atoms with Crippen LogP contribution in [0.5, 0.6) is 0 Å². The SMILES string of the molecule is CCNCC1CCN(C(=O)CN(Cc2ccccc2)Cc2ccccc2)CC1.Cl.Cl. The van der Waals surface area contributed by atoms with Crippen molar-refractivity contribution in [2.45, 2.75) is 32.9 Å². The van der Waals surface area contributed by atoms with Crippen LogP contribution in [0, 0.1) is 5.92 Å². The van der Waals surface area contributed by atoms with Crippen molar-refractivity contribution >= 4 is 30.7 Å². The Hall–Kier alpha value is -1.59. The van der Waals surface area contributed by atoms with Crippen molar-refractivity contribution in [2.24, 2.45) is 5.92 Å². The third kappa shape index (κ3) is 8.65. The zero-order valence-electron chi connectivity index (χ0n) is 17.8. The van der Waals surface area contributed by atoms with E-state index in [4.69, 9.17) is 0 Å². The van der Waals surface area contributed by atoms with Gasteiger partial charge < -0.3 is 10.2 Å². The highest BCUT2D eigenvalue weighted by atomic mass is 35.5. The molecule has 3 rings (SSSR count). The molecule has 1 amide bonds. The maximum Gasteiger partial charge on any atom is 0.236 e. The van der Waals surface area contributed by atoms with Gasteiger partial charge >= 0.3 is 0 Å². The summed E-state index contributed by atoms with van der Waals surface area (Å²) >= 11 is 0. The van der Waals surface area contributed by atoms with Gasteiger partial charge in [-0.25, -0.2) is 0 Å². The van der Waals surface area contributed by atoms with Crippen LogP contribution in [-0.4, -0.2) is 48.4 Å². The molecule has 0 bridgehead atoms. The maximum absolute atomic E-state index is 13.0. The third-order valence-corrected chi connectivity index (χ3v) is 5.51. The lowest BCUT2D eigenvalue weighted by Gasteiger charge is -2.34. The Kier molecular flexibility index (Phi) is 12.7. The number of likely N-dealkylation sites (tertiary alicyclic amines) is 1. The van der Waals surface area contributed by atoms with Crippen molar-refractivity contribution in [3.8, 4) is 0 Å². The number of nitrogens with one attached hydrogen (secondary N) is 1. The summed E-state index contributed by atoms with van der Waals surface area (Å²) in [4.78, 5) is 17.3. The van der Waals surface area contributed by atoms with Crippen LogP contribution in [0.1, 0.15) is 30.9 Å². The molecule has 6 heteroatoms. The minimum Gasteiger partial charge on any atom is -0.342 e. The molecule has 0 aromatic heterocycles. The van der Waals surface area contributed by atoms with Gasteiger partial charge in [-0.3, -0.25) is 9.69 Å². The molecule has 4 nitrogen and oxygen atoms in total. The standard InChI is InChI=1S/C24H33N3O.2ClH/c1-2-25-17-21-13-15-27(16-14-21)24(28)20-26(18-22-9-5-3-6-10-22)19-23-11-7-4-8-12-23;;/h3-12,21,25H,2,13-20H2,1H3;2*1H. The normalized spacial score (nSPS) is 14.1. The zero-order valence-corrected chi connectivity index (χ0v) is 19.5. The summed E-state index contributed by atoms with van der Waals surface area (Å²) in [6.07, 6.45) is 2.21. The van der Waals surface area contributed by atoms with Crippen LogP contribution in [0.4, 0.5) is 0 Å². The average molecular weight is 452 g/mol. The lowest BCUT2D eigenvalue weighted by molar-refractivity contribution is -0.134. The molecule has 1 aliphatic rings. The van der Waals surface area contributed by atoms with E-state index in [2.05, 4.69) is 70.6 Å². The molecule has 0 aliphatic carbocycles. The van der Waals surface area contributed by atoms with E-state index in [1.165, 1.54) is 11.1 Å². The Balaban J connectivity index is 0.00000225. The number of halogens is 2. The number of benzene rings is 2. The van der Waals surface area contributed by atoms with E-state index in [0.29, 0.717) is 12.5 Å². The van der Waals surface area contributed by atoms with Crippen LogP contribution in [0.2, 0.25) is 0 Å². The minimum absolute atomic E-state index is 0. The van der Waals surface area contributed by atoms with Crippen molar-refractivity contribution < 1.29 is 4.79 Å². The average Bonchev–Trinajstić information content (AvgIpc) is 2.74. The predicted octanol–water partition coefficient (Wildman–Crippen LogP) is 4.38. The molecule has 0 saturated carbocycles. The fraction of sp³-hybridized carbons (Fsp3) is 0.458. The molecule has 0 spiro atoms. The Morgan fingerprint density at radius 2 is 1.43 bits per heavy atom. The summed E-state index contributed by atoms with van der Waals surface area (Å²) in [7, 11) is 0. The Morgan fingerprint density at radius 3 is 1.90 bits per heavy atom. The van der Waals surface area contributed by atoms with Gasteiger partial charge in [0.05, 0.1) is 6.54 Å². The first kappa shape index (κ1) is 26.4. The molecule has 1 N–H and O–H groups in total. The number of hydrogen-bond donors (Lipinski definition) is 1. The Morgan fingerprint density at radius 1 is 0.933 bits per heavy atom. The lowest BCUT2D eigenvalue weighted by atomic mass is 9.96. The smallest absolute Gasteiger partial charge is 0.236 e. The Labute approximate surface area is 193 Å². The van der Waals surface area contributed by atoms with Gasteiger partial charge in [0.2, 0.25) is 5.91 Å². The highest BCUT2D eigenvalue weighted by Gasteiger charge is 2.24. The third-order valence-electron chi connectivity index (χ3n) is 5.51. The summed E-state index contributed by atoms with van der Waals surface area (Å²) < 4.78 is 0. The van der Waals surface area contributed by atoms with Gasteiger partial charge in [-0.1, -0.05) is 67.6 Å². The molecule has 0 radical (unpaired) electrons. The second-order valence-electron chi connectivity index (χ2n) is 7.75. The van der Waals surface area contributed by atoms with Crippen LogP contribution in [0.25, 0.3) is 0 Å². The van der Waals surface area contributed by atoms with Crippen molar-refractivity contribution in [2.75, 3.05) is 32.7 Å². The number of rotatable bonds is 9. The number of carbonyl (C=O) groups is 1. The molecule has 2 aromatic rings. The quantitative estimate of drug-likeness (QED) is 0.614. The number of carbonyl (C=O) groups excluding carboxylic acids is 1. The minimum atomic E-state index is 0. The molecule has 2 aromatic carbocycles. The van der Waals surface area contributed by atoms with E-state index in [1.54, 1.807) is 0 Å². The monoisotopic (exact) mass is 451 g/mol. The first-order chi connectivity index (χ1) is 13.7. The fourth-order valence-corrected chi connectivity index (χ4v) is 3.88. The Bertz CT molecular complexity index is 665. The second kappa shape index (κ2) is 14.4. The van der Waals surface area contributed by atoms with Crippen LogP contribution < -0.4 is 5.32 Å². The number of amides is 1. The predicted molar refractivity (Wildman–Crippen MR) is 129 cm³/mol. The van der Waals surface area contributed by atoms with E-state index in [0.717, 1.165) is 52.1 Å². The van der Waals surface area contributed by atoms with Gasteiger partial charge in [0.1, 0.15) is 0 Å². The fourth-order valence-electron chi connectivity index (χ4n) is 3.88. The zero-order chi connectivity index (χ0) is 19.6. The summed E-state index contributed by atoms with van der Waals surface area (Å²) in [6, 6.07) is 20.9. The van der Waals surface area contributed by atoms with Crippen molar-refractivity contribution in [1.29, 1.82) is 0 Å². The van der Waals surface area contributed by atoms with Crippen molar-refractivity contribution in [3.63, 3.8) is 0 Å². The van der Waals surface area contributed by atoms with Crippen LogP contribution in [0.15, 0.2) is 60.7 Å². The summed E-state index contributed by atoms with van der Waals surface area (Å²) in [6.45, 7) is 8.07. The van der Waals surface area contributed by atoms with Crippen LogP contribution in [0.3, 0.4) is 0 Å². The van der Waals surface area contributed by atoms with E-state index in [9.17, 15) is 4.79 Å². The van der Waals surface area contributed by atoms with E-state index in [-0.39, 0.29) is 30.7 Å². The van der Waals surface area contributed by atoms with Gasteiger partial charge in [-0.2, -0.15) is 0 Å². The summed E-state index contributed by atoms with van der Waals surface area (Å²) in [5.41, 5.74) is 2.49. The number of piperidine rings is 1. The molecule has 30 heavy (non-hydrogen) atoms. The van der Waals surface area contributed by atoms with Crippen molar-refractivity contribution in [3.05, 3.63) is 71.8 Å². The van der Waals surface area contributed by atoms with Gasteiger partial charge in [0.15, 0.2) is 0 Å². The maximum atomic E-state index is 13.0. The van der Waals surface area contributed by atoms with E-state index < -0.39 is 0 Å². The van der Waals surface area contributed by atoms with E-state index >= 15 is 0 Å². The molecule has 1 heterocycles.